The van der Waals surface area contributed by atoms with Crippen molar-refractivity contribution in [3.63, 3.8) is 0 Å². The van der Waals surface area contributed by atoms with Crippen LogP contribution in [0.1, 0.15) is 12.0 Å². The molecule has 2 saturated heterocycles. The van der Waals surface area contributed by atoms with Crippen molar-refractivity contribution in [3.05, 3.63) is 60.2 Å². The minimum absolute atomic E-state index is 0.0449. The van der Waals surface area contributed by atoms with Gasteiger partial charge in [0.25, 0.3) is 5.91 Å². The number of likely N-dealkylation sites (tertiary alicyclic amines) is 1. The third-order valence-electron chi connectivity index (χ3n) is 6.85. The zero-order chi connectivity index (χ0) is 26.8. The summed E-state index contributed by atoms with van der Waals surface area (Å²) >= 11 is 0. The van der Waals surface area contributed by atoms with E-state index < -0.39 is 6.09 Å². The van der Waals surface area contributed by atoms with Crippen LogP contribution in [0.15, 0.2) is 54.6 Å². The number of cyclic esters (lactones) is 1. The predicted molar refractivity (Wildman–Crippen MR) is 144 cm³/mol. The molecule has 202 valence electrons. The van der Waals surface area contributed by atoms with Crippen molar-refractivity contribution in [2.45, 2.75) is 25.2 Å². The number of aromatic nitrogens is 2. The van der Waals surface area contributed by atoms with E-state index >= 15 is 0 Å². The summed E-state index contributed by atoms with van der Waals surface area (Å²) in [4.78, 5) is 36.8. The number of fused-ring (bicyclic) bond motifs is 1. The number of carbonyl (C=O) groups excluding carboxylic acids is 2. The quantitative estimate of drug-likeness (QED) is 0.403. The second kappa shape index (κ2) is 10.9. The number of pyridine rings is 2. The Morgan fingerprint density at radius 2 is 1.95 bits per heavy atom. The summed E-state index contributed by atoms with van der Waals surface area (Å²) in [5, 5.41) is 6.10. The first kappa shape index (κ1) is 25.1. The van der Waals surface area contributed by atoms with E-state index in [4.69, 9.17) is 19.2 Å². The number of hydrogen-bond donors (Lipinski definition) is 2. The van der Waals surface area contributed by atoms with Crippen LogP contribution in [0.3, 0.4) is 0 Å². The molecule has 0 spiro atoms. The lowest BCUT2D eigenvalue weighted by Crippen LogP contribution is -2.51. The number of benzene rings is 1. The molecule has 3 aliphatic rings. The summed E-state index contributed by atoms with van der Waals surface area (Å²) in [6, 6.07) is 17.5. The van der Waals surface area contributed by atoms with Crippen LogP contribution in [0.4, 0.5) is 16.4 Å². The Hall–Kier alpha value is -4.22. The lowest BCUT2D eigenvalue weighted by molar-refractivity contribution is -0.118. The van der Waals surface area contributed by atoms with Crippen molar-refractivity contribution in [2.75, 3.05) is 50.1 Å². The van der Waals surface area contributed by atoms with E-state index in [1.807, 2.05) is 30.3 Å². The van der Waals surface area contributed by atoms with Gasteiger partial charge in [-0.1, -0.05) is 24.3 Å². The average Bonchev–Trinajstić information content (AvgIpc) is 3.30. The highest BCUT2D eigenvalue weighted by Crippen LogP contribution is 2.30. The summed E-state index contributed by atoms with van der Waals surface area (Å²) in [7, 11) is 2.07. The highest BCUT2D eigenvalue weighted by Gasteiger charge is 2.33. The van der Waals surface area contributed by atoms with Gasteiger partial charge in [0, 0.05) is 31.3 Å². The van der Waals surface area contributed by atoms with Gasteiger partial charge in [0.05, 0.1) is 12.2 Å². The van der Waals surface area contributed by atoms with Gasteiger partial charge in [-0.3, -0.25) is 14.6 Å². The average molecular weight is 531 g/mol. The number of ether oxygens (including phenoxy) is 3. The summed E-state index contributed by atoms with van der Waals surface area (Å²) in [5.74, 6) is 1.58. The fraction of sp³-hybridized carbons (Fsp3) is 0.357. The molecule has 2 amide bonds. The molecule has 2 fully saturated rings. The fourth-order valence-electron chi connectivity index (χ4n) is 4.83. The molecule has 5 heterocycles. The maximum atomic E-state index is 12.5. The lowest BCUT2D eigenvalue weighted by atomic mass is 10.1. The van der Waals surface area contributed by atoms with Gasteiger partial charge < -0.3 is 24.8 Å². The van der Waals surface area contributed by atoms with Crippen molar-refractivity contribution >= 4 is 23.6 Å². The first-order valence-electron chi connectivity index (χ1n) is 13.0. The third-order valence-corrected chi connectivity index (χ3v) is 6.85. The highest BCUT2D eigenvalue weighted by molar-refractivity contribution is 5.95. The Kier molecular flexibility index (Phi) is 6.99. The summed E-state index contributed by atoms with van der Waals surface area (Å²) in [5.41, 5.74) is 3.04. The van der Waals surface area contributed by atoms with Crippen LogP contribution in [0, 0.1) is 0 Å². The van der Waals surface area contributed by atoms with Gasteiger partial charge in [0.2, 0.25) is 5.88 Å². The monoisotopic (exact) mass is 530 g/mol. The molecule has 0 bridgehead atoms. The van der Waals surface area contributed by atoms with E-state index in [0.717, 1.165) is 29.9 Å². The van der Waals surface area contributed by atoms with Crippen LogP contribution in [0.5, 0.6) is 11.6 Å². The molecule has 3 aromatic rings. The molecule has 0 saturated carbocycles. The van der Waals surface area contributed by atoms with Crippen LogP contribution in [0.2, 0.25) is 0 Å². The zero-order valence-corrected chi connectivity index (χ0v) is 21.6. The van der Waals surface area contributed by atoms with Crippen molar-refractivity contribution in [1.29, 1.82) is 0 Å². The third kappa shape index (κ3) is 5.79. The second-order valence-electron chi connectivity index (χ2n) is 9.96. The molecule has 0 aliphatic carbocycles. The summed E-state index contributed by atoms with van der Waals surface area (Å²) < 4.78 is 16.9. The molecule has 11 heteroatoms. The number of hydrogen-bond acceptors (Lipinski definition) is 9. The number of nitrogens with one attached hydrogen (secondary N) is 2. The van der Waals surface area contributed by atoms with E-state index in [0.29, 0.717) is 49.3 Å². The van der Waals surface area contributed by atoms with E-state index in [2.05, 4.69) is 39.7 Å². The standard InChI is InChI=1S/C28H30N6O5/c1-33-14-21(15-33)38-26-7-3-6-22(30-26)19-5-2-4-18(12-19)13-29-11-10-20-16-34(28(36)39-20)24-9-8-23-27(31-24)32-25(35)17-37-23/h2-9,12,20-21,29H,10-11,13-17H2,1H3,(H,31,32,35)/t20-/m1/s1. The maximum absolute atomic E-state index is 12.5. The molecular weight excluding hydrogens is 500 g/mol. The Morgan fingerprint density at radius 1 is 1.08 bits per heavy atom. The van der Waals surface area contributed by atoms with Gasteiger partial charge in [-0.15, -0.1) is 0 Å². The number of amides is 2. The number of rotatable bonds is 9. The van der Waals surface area contributed by atoms with Gasteiger partial charge in [0.1, 0.15) is 18.0 Å². The van der Waals surface area contributed by atoms with E-state index in [1.165, 1.54) is 4.90 Å². The molecule has 2 N–H and O–H groups in total. The van der Waals surface area contributed by atoms with Crippen molar-refractivity contribution in [3.8, 4) is 22.9 Å². The molecule has 1 aromatic carbocycles. The molecular formula is C28H30N6O5. The summed E-state index contributed by atoms with van der Waals surface area (Å²) in [6.07, 6.45) is 0.143. The minimum Gasteiger partial charge on any atom is -0.480 e. The Morgan fingerprint density at radius 3 is 2.82 bits per heavy atom. The maximum Gasteiger partial charge on any atom is 0.415 e. The fourth-order valence-corrected chi connectivity index (χ4v) is 4.83. The molecule has 1 atom stereocenters. The normalized spacial score (nSPS) is 19.1. The second-order valence-corrected chi connectivity index (χ2v) is 9.96. The molecule has 6 rings (SSSR count). The molecule has 0 radical (unpaired) electrons. The van der Waals surface area contributed by atoms with Crippen molar-refractivity contribution < 1.29 is 23.8 Å². The lowest BCUT2D eigenvalue weighted by Gasteiger charge is -2.35. The molecule has 11 nitrogen and oxygen atoms in total. The summed E-state index contributed by atoms with van der Waals surface area (Å²) in [6.45, 7) is 3.54. The van der Waals surface area contributed by atoms with Crippen molar-refractivity contribution in [1.82, 2.24) is 20.2 Å². The first-order valence-corrected chi connectivity index (χ1v) is 13.0. The predicted octanol–water partition coefficient (Wildman–Crippen LogP) is 2.67. The smallest absolute Gasteiger partial charge is 0.415 e. The zero-order valence-electron chi connectivity index (χ0n) is 21.6. The van der Waals surface area contributed by atoms with Crippen LogP contribution in [0.25, 0.3) is 11.3 Å². The number of nitrogens with zero attached hydrogens (tertiary/aromatic N) is 4. The van der Waals surface area contributed by atoms with Crippen LogP contribution in [-0.2, 0) is 16.1 Å². The van der Waals surface area contributed by atoms with E-state index in [9.17, 15) is 9.59 Å². The Labute approximate surface area is 226 Å². The van der Waals surface area contributed by atoms with Crippen LogP contribution in [-0.4, -0.2) is 78.9 Å². The first-order chi connectivity index (χ1) is 19.0. The van der Waals surface area contributed by atoms with E-state index in [1.54, 1.807) is 12.1 Å². The largest absolute Gasteiger partial charge is 0.480 e. The van der Waals surface area contributed by atoms with Gasteiger partial charge in [0.15, 0.2) is 18.2 Å². The molecule has 3 aliphatic heterocycles. The SMILES string of the molecule is CN1CC(Oc2cccc(-c3cccc(CNCC[C@@H]4CN(c5ccc6c(n5)NC(=O)CO6)C(=O)O4)c3)n2)C1. The highest BCUT2D eigenvalue weighted by atomic mass is 16.6. The number of carbonyl (C=O) groups is 2. The van der Waals surface area contributed by atoms with E-state index in [-0.39, 0.29) is 24.7 Å². The van der Waals surface area contributed by atoms with Gasteiger partial charge in [-0.25, -0.2) is 14.8 Å². The number of likely N-dealkylation sites (N-methyl/N-ethyl adjacent to an activating group) is 1. The van der Waals surface area contributed by atoms with Crippen molar-refractivity contribution in [2.24, 2.45) is 0 Å². The molecule has 39 heavy (non-hydrogen) atoms. The van der Waals surface area contributed by atoms with Gasteiger partial charge >= 0.3 is 6.09 Å². The van der Waals surface area contributed by atoms with Crippen LogP contribution >= 0.6 is 0 Å². The van der Waals surface area contributed by atoms with Gasteiger partial charge in [-0.05, 0) is 49.8 Å². The molecule has 2 aromatic heterocycles. The number of anilines is 2. The van der Waals surface area contributed by atoms with Crippen LogP contribution < -0.4 is 25.0 Å². The Balaban J connectivity index is 0.996. The van der Waals surface area contributed by atoms with Gasteiger partial charge in [-0.2, -0.15) is 0 Å². The topological polar surface area (TPSA) is 118 Å². The molecule has 0 unspecified atom stereocenters. The Bertz CT molecular complexity index is 1380. The minimum atomic E-state index is -0.453.